The van der Waals surface area contributed by atoms with Crippen LogP contribution in [0.1, 0.15) is 72.8 Å². The molecule has 43 heavy (non-hydrogen) atoms. The van der Waals surface area contributed by atoms with Crippen LogP contribution in [0.2, 0.25) is 0 Å². The van der Waals surface area contributed by atoms with E-state index in [0.717, 1.165) is 43.4 Å². The van der Waals surface area contributed by atoms with Gasteiger partial charge in [-0.15, -0.1) is 40.5 Å². The molecule has 0 aliphatic rings. The first kappa shape index (κ1) is 34.6. The number of aliphatic hydroxyl groups is 1. The average molecular weight is 771 g/mol. The van der Waals surface area contributed by atoms with Crippen molar-refractivity contribution in [2.45, 2.75) is 73.6 Å². The number of hydrogen-bond acceptors (Lipinski definition) is 4. The second kappa shape index (κ2) is 16.3. The Bertz CT molecular complexity index is 1670. The number of hydrogen-bond donors (Lipinski definition) is 1. The number of pyridine rings is 1. The van der Waals surface area contributed by atoms with Gasteiger partial charge in [0.05, 0.1) is 5.76 Å². The van der Waals surface area contributed by atoms with E-state index in [-0.39, 0.29) is 43.5 Å². The van der Waals surface area contributed by atoms with E-state index >= 15 is 0 Å². The Morgan fingerprint density at radius 3 is 2.19 bits per heavy atom. The molecule has 0 bridgehead atoms. The third-order valence-electron chi connectivity index (χ3n) is 8.16. The second-order valence-electron chi connectivity index (χ2n) is 11.5. The van der Waals surface area contributed by atoms with Gasteiger partial charge < -0.3 is 10.1 Å². The zero-order valence-corrected chi connectivity index (χ0v) is 29.5. The molecule has 0 unspecified atom stereocenters. The summed E-state index contributed by atoms with van der Waals surface area (Å²) in [6, 6.07) is 24.9. The molecule has 1 radical (unpaired) electrons. The van der Waals surface area contributed by atoms with E-state index in [4.69, 9.17) is 4.98 Å². The van der Waals surface area contributed by atoms with Gasteiger partial charge in [-0.05, 0) is 60.4 Å². The normalized spacial score (nSPS) is 11.8. The molecule has 3 nitrogen and oxygen atoms in total. The Kier molecular flexibility index (Phi) is 13.1. The zero-order chi connectivity index (χ0) is 30.2. The number of fused-ring (bicyclic) bond motifs is 4. The van der Waals surface area contributed by atoms with Crippen LogP contribution in [0.15, 0.2) is 78.7 Å². The molecule has 0 aliphatic heterocycles. The number of benzene rings is 3. The molecule has 2 heterocycles. The minimum Gasteiger partial charge on any atom is -0.512 e. The number of nitrogens with zero attached hydrogens (tertiary/aromatic N) is 1. The SMILES string of the molecule is CC(C)Cc1cccc2c1sc1c(-c3[c-]ccc4ccccc34)nccc12.CCC(CC)C(=O)/C=C(\O)C(CC)CC.[Ir]. The smallest absolute Gasteiger partial charge is 0.162 e. The first-order valence-electron chi connectivity index (χ1n) is 15.5. The van der Waals surface area contributed by atoms with Crippen LogP contribution in [0.25, 0.3) is 42.2 Å². The molecule has 0 saturated heterocycles. The van der Waals surface area contributed by atoms with Crippen LogP contribution in [0.4, 0.5) is 0 Å². The summed E-state index contributed by atoms with van der Waals surface area (Å²) in [6.45, 7) is 12.6. The summed E-state index contributed by atoms with van der Waals surface area (Å²) in [5.41, 5.74) is 3.58. The first-order valence-corrected chi connectivity index (χ1v) is 16.3. The molecule has 0 saturated carbocycles. The Labute approximate surface area is 274 Å². The number of allylic oxidation sites excluding steroid dienone is 2. The minimum atomic E-state index is 0. The van der Waals surface area contributed by atoms with E-state index in [2.05, 4.69) is 74.5 Å². The summed E-state index contributed by atoms with van der Waals surface area (Å²) < 4.78 is 2.66. The van der Waals surface area contributed by atoms with Crippen LogP contribution in [-0.4, -0.2) is 15.9 Å². The van der Waals surface area contributed by atoms with Crippen LogP contribution in [-0.2, 0) is 31.3 Å². The van der Waals surface area contributed by atoms with Gasteiger partial charge in [-0.3, -0.25) is 4.79 Å². The molecule has 1 N–H and O–H groups in total. The molecule has 0 aliphatic carbocycles. The van der Waals surface area contributed by atoms with E-state index in [1.165, 1.54) is 42.6 Å². The second-order valence-corrected chi connectivity index (χ2v) is 12.5. The van der Waals surface area contributed by atoms with Crippen LogP contribution in [0, 0.1) is 23.8 Å². The molecule has 2 aromatic heterocycles. The van der Waals surface area contributed by atoms with Gasteiger partial charge in [0.2, 0.25) is 0 Å². The summed E-state index contributed by atoms with van der Waals surface area (Å²) in [6.07, 6.45) is 7.95. The number of aromatic nitrogens is 1. The maximum absolute atomic E-state index is 11.7. The van der Waals surface area contributed by atoms with Gasteiger partial charge in [-0.1, -0.05) is 89.4 Å². The van der Waals surface area contributed by atoms with E-state index < -0.39 is 0 Å². The topological polar surface area (TPSA) is 50.2 Å². The molecule has 5 heteroatoms. The summed E-state index contributed by atoms with van der Waals surface area (Å²) in [4.78, 5) is 16.5. The maximum Gasteiger partial charge on any atom is 0.162 e. The van der Waals surface area contributed by atoms with Crippen molar-refractivity contribution < 1.29 is 30.0 Å². The molecule has 0 atom stereocenters. The standard InChI is InChI=1S/C25H20NS.C13H24O2.Ir/c1-16(2)15-18-9-6-12-21-22-13-14-26-23(25(22)27-24(18)21)20-11-5-8-17-7-3-4-10-19(17)20;1-5-10(6-2)12(14)9-13(15)11(7-3)8-4;/h3-10,12-14,16H,15H2,1-2H3;9-11,14H,5-8H2,1-4H3;/q-1;;/b;12-9-;. The number of carbonyl (C=O) groups is 1. The van der Waals surface area contributed by atoms with Crippen molar-refractivity contribution in [3.05, 3.63) is 90.3 Å². The van der Waals surface area contributed by atoms with Crippen molar-refractivity contribution in [2.75, 3.05) is 0 Å². The van der Waals surface area contributed by atoms with Crippen LogP contribution < -0.4 is 0 Å². The fraction of sp³-hybridized carbons (Fsp3) is 0.368. The van der Waals surface area contributed by atoms with E-state index in [9.17, 15) is 9.90 Å². The van der Waals surface area contributed by atoms with Gasteiger partial charge in [-0.2, -0.15) is 0 Å². The van der Waals surface area contributed by atoms with E-state index in [0.29, 0.717) is 5.92 Å². The van der Waals surface area contributed by atoms with Crippen molar-refractivity contribution in [3.63, 3.8) is 0 Å². The summed E-state index contributed by atoms with van der Waals surface area (Å²) in [5.74, 6) is 1.19. The Balaban J connectivity index is 0.000000274. The minimum absolute atomic E-state index is 0. The first-order chi connectivity index (χ1) is 20.3. The van der Waals surface area contributed by atoms with Gasteiger partial charge >= 0.3 is 0 Å². The predicted octanol–water partition coefficient (Wildman–Crippen LogP) is 11.1. The molecular formula is C38H44IrNO2S-. The molecular weight excluding hydrogens is 727 g/mol. The van der Waals surface area contributed by atoms with Gasteiger partial charge in [0.1, 0.15) is 0 Å². The van der Waals surface area contributed by atoms with E-state index in [1.54, 1.807) is 0 Å². The molecule has 0 fully saturated rings. The summed E-state index contributed by atoms with van der Waals surface area (Å²) >= 11 is 1.88. The van der Waals surface area contributed by atoms with Crippen LogP contribution in [0.5, 0.6) is 0 Å². The number of ketones is 1. The third kappa shape index (κ3) is 8.01. The molecule has 0 amide bonds. The number of aliphatic hydroxyl groups excluding tert-OH is 1. The predicted molar refractivity (Wildman–Crippen MR) is 181 cm³/mol. The van der Waals surface area contributed by atoms with E-state index in [1.807, 2.05) is 51.3 Å². The van der Waals surface area contributed by atoms with Crippen LogP contribution in [0.3, 0.4) is 0 Å². The molecule has 5 aromatic rings. The fourth-order valence-corrected chi connectivity index (χ4v) is 7.01. The van der Waals surface area contributed by atoms with Crippen molar-refractivity contribution in [1.82, 2.24) is 4.98 Å². The summed E-state index contributed by atoms with van der Waals surface area (Å²) in [5, 5.41) is 14.8. The monoisotopic (exact) mass is 771 g/mol. The molecule has 0 spiro atoms. The van der Waals surface area contributed by atoms with Crippen molar-refractivity contribution >= 4 is 48.1 Å². The molecule has 3 aromatic carbocycles. The van der Waals surface area contributed by atoms with Gasteiger partial charge in [0.15, 0.2) is 5.78 Å². The fourth-order valence-electron chi connectivity index (χ4n) is 5.70. The number of thiophene rings is 1. The molecule has 5 rings (SSSR count). The Morgan fingerprint density at radius 1 is 0.860 bits per heavy atom. The molecule has 229 valence electrons. The van der Waals surface area contributed by atoms with Gasteiger partial charge in [-0.25, -0.2) is 0 Å². The Morgan fingerprint density at radius 2 is 1.51 bits per heavy atom. The quantitative estimate of drug-likeness (QED) is 0.0874. The summed E-state index contributed by atoms with van der Waals surface area (Å²) in [7, 11) is 0. The number of rotatable bonds is 10. The van der Waals surface area contributed by atoms with Crippen molar-refractivity contribution in [2.24, 2.45) is 17.8 Å². The van der Waals surface area contributed by atoms with Gasteiger partial charge in [0.25, 0.3) is 0 Å². The third-order valence-corrected chi connectivity index (χ3v) is 9.47. The number of carbonyl (C=O) groups excluding carboxylic acids is 1. The Hall–Kier alpha value is -2.85. The van der Waals surface area contributed by atoms with Crippen LogP contribution >= 0.6 is 11.3 Å². The largest absolute Gasteiger partial charge is 0.512 e. The van der Waals surface area contributed by atoms with Gasteiger partial charge in [0, 0.05) is 59.3 Å². The van der Waals surface area contributed by atoms with Crippen molar-refractivity contribution in [3.8, 4) is 11.3 Å². The average Bonchev–Trinajstić information content (AvgIpc) is 3.38. The zero-order valence-electron chi connectivity index (χ0n) is 26.2. The maximum atomic E-state index is 11.7. The van der Waals surface area contributed by atoms with Crippen molar-refractivity contribution in [1.29, 1.82) is 0 Å².